The van der Waals surface area contributed by atoms with Crippen LogP contribution in [0.1, 0.15) is 23.3 Å². The molecule has 1 N–H and O–H groups in total. The van der Waals surface area contributed by atoms with Crippen molar-refractivity contribution >= 4 is 22.9 Å². The summed E-state index contributed by atoms with van der Waals surface area (Å²) in [5.41, 5.74) is 0.306. The number of rotatable bonds is 5. The van der Waals surface area contributed by atoms with Crippen molar-refractivity contribution in [3.63, 3.8) is 0 Å². The predicted octanol–water partition coefficient (Wildman–Crippen LogP) is -1.18. The van der Waals surface area contributed by atoms with E-state index in [4.69, 9.17) is 0 Å². The Balaban J connectivity index is 1.49. The van der Waals surface area contributed by atoms with Crippen molar-refractivity contribution in [1.82, 2.24) is 33.1 Å². The molecule has 4 rings (SSSR count). The minimum absolute atomic E-state index is 0.206. The average Bonchev–Trinajstić information content (AvgIpc) is 3.29. The van der Waals surface area contributed by atoms with E-state index in [0.717, 1.165) is 0 Å². The van der Waals surface area contributed by atoms with Gasteiger partial charge in [-0.15, -0.1) is 0 Å². The minimum atomic E-state index is -1.12. The molecule has 0 fully saturated rings. The average molecular weight is 416 g/mol. The number of aromatic nitrogens is 6. The number of carbonyl (C=O) groups excluding carboxylic acids is 1. The lowest BCUT2D eigenvalue weighted by atomic mass is 10.2. The highest BCUT2D eigenvalue weighted by Crippen LogP contribution is 2.27. The van der Waals surface area contributed by atoms with Gasteiger partial charge in [0.05, 0.1) is 12.7 Å². The van der Waals surface area contributed by atoms with Crippen LogP contribution in [0.5, 0.6) is 0 Å². The van der Waals surface area contributed by atoms with Gasteiger partial charge in [-0.25, -0.2) is 14.8 Å². The van der Waals surface area contributed by atoms with Gasteiger partial charge >= 0.3 is 5.69 Å². The fourth-order valence-corrected chi connectivity index (χ4v) is 3.84. The van der Waals surface area contributed by atoms with Gasteiger partial charge in [-0.1, -0.05) is 0 Å². The van der Waals surface area contributed by atoms with Gasteiger partial charge in [0.1, 0.15) is 0 Å². The smallest absolute Gasteiger partial charge is 0.332 e. The number of anilines is 1. The largest absolute Gasteiger partial charge is 0.356 e. The molecule has 12 nitrogen and oxygen atoms in total. The number of hydrogen-bond donors (Lipinski definition) is 1. The summed E-state index contributed by atoms with van der Waals surface area (Å²) in [6, 6.07) is 0. The Morgan fingerprint density at radius 1 is 0.967 bits per heavy atom. The molecule has 0 spiro atoms. The van der Waals surface area contributed by atoms with Gasteiger partial charge in [0.15, 0.2) is 22.7 Å². The third kappa shape index (κ3) is 2.83. The molecule has 1 aliphatic heterocycles. The number of carbonyl (C=O) groups is 1. The first-order valence-corrected chi connectivity index (χ1v) is 9.58. The van der Waals surface area contributed by atoms with E-state index in [9.17, 15) is 19.5 Å². The third-order valence-corrected chi connectivity index (χ3v) is 5.57. The van der Waals surface area contributed by atoms with E-state index in [0.29, 0.717) is 35.5 Å². The van der Waals surface area contributed by atoms with Crippen LogP contribution >= 0.6 is 0 Å². The highest BCUT2D eigenvalue weighted by molar-refractivity contribution is 5.99. The van der Waals surface area contributed by atoms with Crippen LogP contribution in [0.3, 0.4) is 0 Å². The predicted molar refractivity (Wildman–Crippen MR) is 108 cm³/mol. The maximum absolute atomic E-state index is 12.8. The van der Waals surface area contributed by atoms with Crippen LogP contribution in [0.15, 0.2) is 22.2 Å². The first kappa shape index (κ1) is 19.9. The number of aryl methyl sites for hydroxylation is 3. The van der Waals surface area contributed by atoms with Crippen molar-refractivity contribution in [1.29, 1.82) is 0 Å². The molecular formula is C18H24N8O4. The Labute approximate surface area is 171 Å². The van der Waals surface area contributed by atoms with E-state index < -0.39 is 12.0 Å². The number of fused-ring (bicyclic) bond motifs is 2. The van der Waals surface area contributed by atoms with Crippen LogP contribution in [0.2, 0.25) is 0 Å². The van der Waals surface area contributed by atoms with Gasteiger partial charge in [0, 0.05) is 41.3 Å². The van der Waals surface area contributed by atoms with Gasteiger partial charge in [-0.2, -0.15) is 0 Å². The summed E-state index contributed by atoms with van der Waals surface area (Å²) in [6.07, 6.45) is 2.90. The zero-order valence-electron chi connectivity index (χ0n) is 17.3. The van der Waals surface area contributed by atoms with E-state index in [-0.39, 0.29) is 24.6 Å². The van der Waals surface area contributed by atoms with Crippen molar-refractivity contribution in [3.05, 3.63) is 39.2 Å². The fraction of sp³-hybridized carbons (Fsp3) is 0.500. The Bertz CT molecular complexity index is 1250. The number of unbranched alkanes of at least 4 members (excludes halogenated alkanes) is 1. The number of imidazole rings is 2. The number of hydrogen-bond acceptors (Lipinski definition) is 7. The Morgan fingerprint density at radius 2 is 1.63 bits per heavy atom. The van der Waals surface area contributed by atoms with Crippen LogP contribution < -0.4 is 16.1 Å². The Kier molecular flexibility index (Phi) is 4.73. The molecule has 1 atom stereocenters. The van der Waals surface area contributed by atoms with Crippen LogP contribution in [0.25, 0.3) is 11.2 Å². The topological polar surface area (TPSA) is 123 Å². The third-order valence-electron chi connectivity index (χ3n) is 5.57. The Morgan fingerprint density at radius 3 is 2.37 bits per heavy atom. The van der Waals surface area contributed by atoms with E-state index in [2.05, 4.69) is 9.97 Å². The quantitative estimate of drug-likeness (QED) is 0.519. The van der Waals surface area contributed by atoms with Crippen molar-refractivity contribution in [3.8, 4) is 0 Å². The molecular weight excluding hydrogens is 392 g/mol. The molecule has 160 valence electrons. The van der Waals surface area contributed by atoms with Crippen molar-refractivity contribution in [2.45, 2.75) is 25.7 Å². The zero-order chi connectivity index (χ0) is 21.7. The molecule has 30 heavy (non-hydrogen) atoms. The molecule has 0 saturated heterocycles. The van der Waals surface area contributed by atoms with Crippen molar-refractivity contribution < 1.29 is 9.90 Å². The highest BCUT2D eigenvalue weighted by Gasteiger charge is 2.37. The van der Waals surface area contributed by atoms with Gasteiger partial charge in [-0.05, 0) is 12.8 Å². The number of aliphatic hydroxyl groups is 1. The molecule has 12 heteroatoms. The molecule has 1 aliphatic rings. The second-order valence-electron chi connectivity index (χ2n) is 7.52. The lowest BCUT2D eigenvalue weighted by Gasteiger charge is -2.38. The van der Waals surface area contributed by atoms with Crippen molar-refractivity contribution in [2.24, 2.45) is 21.1 Å². The highest BCUT2D eigenvalue weighted by atomic mass is 16.3. The SMILES string of the molecule is CN1c2ncn(C)c2C(=O)N(CCCCn2c(=O)c3c(ncn3C)n(C)c2=O)C1O. The minimum Gasteiger partial charge on any atom is -0.356 e. The monoisotopic (exact) mass is 416 g/mol. The molecule has 3 aromatic heterocycles. The zero-order valence-corrected chi connectivity index (χ0v) is 17.3. The fourth-order valence-electron chi connectivity index (χ4n) is 3.84. The van der Waals surface area contributed by atoms with E-state index in [1.807, 2.05) is 0 Å². The standard InChI is InChI=1S/C18H24N8O4/c1-21-9-19-13-11(21)15(27)25(17(29)23(13)3)7-5-6-8-26-16(28)12-14(20-10-22(12)2)24(4)18(26)30/h9-10,17,29H,5-8H2,1-4H3. The van der Waals surface area contributed by atoms with E-state index in [1.54, 1.807) is 37.3 Å². The van der Waals surface area contributed by atoms with Crippen LogP contribution in [0, 0.1) is 0 Å². The first-order chi connectivity index (χ1) is 14.2. The molecule has 3 aromatic rings. The maximum Gasteiger partial charge on any atom is 0.332 e. The molecule has 1 unspecified atom stereocenters. The number of aliphatic hydroxyl groups excluding tert-OH is 1. The molecule has 0 saturated carbocycles. The normalized spacial score (nSPS) is 16.6. The van der Waals surface area contributed by atoms with Gasteiger partial charge in [-0.3, -0.25) is 23.6 Å². The summed E-state index contributed by atoms with van der Waals surface area (Å²) in [4.78, 5) is 49.2. The summed E-state index contributed by atoms with van der Waals surface area (Å²) in [5, 5.41) is 10.5. The molecule has 0 radical (unpaired) electrons. The molecule has 0 aromatic carbocycles. The lowest BCUT2D eigenvalue weighted by Crippen LogP contribution is -2.54. The first-order valence-electron chi connectivity index (χ1n) is 9.58. The van der Waals surface area contributed by atoms with Crippen LogP contribution in [0.4, 0.5) is 5.82 Å². The van der Waals surface area contributed by atoms with E-state index in [1.165, 1.54) is 31.6 Å². The van der Waals surface area contributed by atoms with Crippen LogP contribution in [-0.2, 0) is 27.7 Å². The lowest BCUT2D eigenvalue weighted by molar-refractivity contribution is 0.00242. The second kappa shape index (κ2) is 7.13. The van der Waals surface area contributed by atoms with Gasteiger partial charge < -0.3 is 19.1 Å². The number of nitrogens with zero attached hydrogens (tertiary/aromatic N) is 8. The summed E-state index contributed by atoms with van der Waals surface area (Å²) in [5.74, 6) is 0.130. The van der Waals surface area contributed by atoms with Gasteiger partial charge in [0.25, 0.3) is 11.5 Å². The van der Waals surface area contributed by atoms with E-state index >= 15 is 0 Å². The molecule has 4 heterocycles. The second-order valence-corrected chi connectivity index (χ2v) is 7.52. The van der Waals surface area contributed by atoms with Crippen molar-refractivity contribution in [2.75, 3.05) is 18.5 Å². The molecule has 1 amide bonds. The summed E-state index contributed by atoms with van der Waals surface area (Å²) in [7, 11) is 6.68. The van der Waals surface area contributed by atoms with Crippen LogP contribution in [-0.4, -0.2) is 64.1 Å². The molecule has 0 aliphatic carbocycles. The number of amides is 1. The summed E-state index contributed by atoms with van der Waals surface area (Å²) < 4.78 is 5.76. The summed E-state index contributed by atoms with van der Waals surface area (Å²) in [6.45, 7) is 0.482. The molecule has 0 bridgehead atoms. The summed E-state index contributed by atoms with van der Waals surface area (Å²) >= 11 is 0. The van der Waals surface area contributed by atoms with Gasteiger partial charge in [0.2, 0.25) is 6.35 Å². The maximum atomic E-state index is 12.8. The Hall–Kier alpha value is -3.41.